The molecular weight excluding hydrogens is 224 g/mol. The second kappa shape index (κ2) is 4.88. The molecule has 80 valence electrons. The summed E-state index contributed by atoms with van der Waals surface area (Å²) in [4.78, 5) is 4.31. The molecule has 0 fully saturated rings. The summed E-state index contributed by atoms with van der Waals surface area (Å²) in [7, 11) is 0. The van der Waals surface area contributed by atoms with Crippen molar-refractivity contribution in [1.82, 2.24) is 10.3 Å². The van der Waals surface area contributed by atoms with Crippen molar-refractivity contribution in [2.24, 2.45) is 0 Å². The summed E-state index contributed by atoms with van der Waals surface area (Å²) in [6, 6.07) is 2.86. The zero-order chi connectivity index (χ0) is 10.7. The molecule has 2 aromatic rings. The van der Waals surface area contributed by atoms with E-state index in [0.717, 1.165) is 5.69 Å². The van der Waals surface area contributed by atoms with Gasteiger partial charge in [0.1, 0.15) is 0 Å². The molecule has 2 heterocycles. The second-order valence-corrected chi connectivity index (χ2v) is 5.08. The topological polar surface area (TPSA) is 24.9 Å². The Bertz CT molecular complexity index is 342. The molecule has 0 amide bonds. The minimum atomic E-state index is 0.311. The number of nitrogens with zero attached hydrogens (tertiary/aromatic N) is 1. The summed E-state index contributed by atoms with van der Waals surface area (Å²) in [5, 5.41) is 9.93. The van der Waals surface area contributed by atoms with Gasteiger partial charge in [0.05, 0.1) is 11.2 Å². The fourth-order valence-corrected chi connectivity index (χ4v) is 2.92. The van der Waals surface area contributed by atoms with Crippen molar-refractivity contribution in [3.8, 4) is 0 Å². The Morgan fingerprint density at radius 2 is 2.07 bits per heavy atom. The van der Waals surface area contributed by atoms with Crippen LogP contribution in [0.2, 0.25) is 0 Å². The van der Waals surface area contributed by atoms with E-state index in [9.17, 15) is 0 Å². The van der Waals surface area contributed by atoms with E-state index in [2.05, 4.69) is 46.4 Å². The summed E-state index contributed by atoms with van der Waals surface area (Å²) in [6.45, 7) is 4.34. The summed E-state index contributed by atoms with van der Waals surface area (Å²) < 4.78 is 0. The molecule has 0 saturated heterocycles. The predicted octanol–water partition coefficient (Wildman–Crippen LogP) is 3.62. The van der Waals surface area contributed by atoms with Crippen molar-refractivity contribution in [3.05, 3.63) is 39.0 Å². The molecule has 0 bridgehead atoms. The first-order chi connectivity index (χ1) is 7.27. The SMILES string of the molecule is CC(NC(C)c1cscn1)c1ccsc1. The van der Waals surface area contributed by atoms with Crippen LogP contribution in [-0.2, 0) is 0 Å². The zero-order valence-electron chi connectivity index (χ0n) is 8.81. The van der Waals surface area contributed by atoms with Gasteiger partial charge >= 0.3 is 0 Å². The van der Waals surface area contributed by atoms with Crippen LogP contribution in [0.15, 0.2) is 27.7 Å². The van der Waals surface area contributed by atoms with E-state index in [-0.39, 0.29) is 0 Å². The number of thiazole rings is 1. The van der Waals surface area contributed by atoms with Gasteiger partial charge in [0.25, 0.3) is 0 Å². The van der Waals surface area contributed by atoms with Gasteiger partial charge in [-0.05, 0) is 36.2 Å². The van der Waals surface area contributed by atoms with E-state index < -0.39 is 0 Å². The number of thiophene rings is 1. The van der Waals surface area contributed by atoms with Crippen LogP contribution in [0.25, 0.3) is 0 Å². The van der Waals surface area contributed by atoms with Gasteiger partial charge < -0.3 is 5.32 Å². The first-order valence-corrected chi connectivity index (χ1v) is 6.82. The number of rotatable bonds is 4. The summed E-state index contributed by atoms with van der Waals surface area (Å²) >= 11 is 3.38. The van der Waals surface area contributed by atoms with Gasteiger partial charge in [-0.1, -0.05) is 0 Å². The molecule has 2 rings (SSSR count). The van der Waals surface area contributed by atoms with Crippen LogP contribution in [-0.4, -0.2) is 4.98 Å². The molecule has 2 nitrogen and oxygen atoms in total. The Hall–Kier alpha value is -0.710. The third-order valence-electron chi connectivity index (χ3n) is 2.44. The average molecular weight is 238 g/mol. The van der Waals surface area contributed by atoms with Gasteiger partial charge in [-0.15, -0.1) is 11.3 Å². The van der Waals surface area contributed by atoms with Crippen molar-refractivity contribution < 1.29 is 0 Å². The lowest BCUT2D eigenvalue weighted by molar-refractivity contribution is 0.489. The van der Waals surface area contributed by atoms with Crippen LogP contribution in [0.5, 0.6) is 0 Å². The summed E-state index contributed by atoms with van der Waals surface area (Å²) in [6.07, 6.45) is 0. The van der Waals surface area contributed by atoms with E-state index >= 15 is 0 Å². The molecule has 0 aliphatic carbocycles. The van der Waals surface area contributed by atoms with Crippen LogP contribution in [0.1, 0.15) is 37.2 Å². The van der Waals surface area contributed by atoms with Crippen LogP contribution < -0.4 is 5.32 Å². The molecule has 0 aliphatic heterocycles. The highest BCUT2D eigenvalue weighted by Gasteiger charge is 2.12. The Labute approximate surface area is 98.0 Å². The van der Waals surface area contributed by atoms with Crippen LogP contribution in [0.4, 0.5) is 0 Å². The fraction of sp³-hybridized carbons (Fsp3) is 0.364. The van der Waals surface area contributed by atoms with E-state index in [0.29, 0.717) is 12.1 Å². The Morgan fingerprint density at radius 3 is 2.67 bits per heavy atom. The molecule has 4 heteroatoms. The lowest BCUT2D eigenvalue weighted by atomic mass is 10.1. The highest BCUT2D eigenvalue weighted by molar-refractivity contribution is 7.08. The molecule has 1 N–H and O–H groups in total. The molecule has 0 radical (unpaired) electrons. The Kier molecular flexibility index (Phi) is 3.51. The van der Waals surface area contributed by atoms with E-state index in [1.807, 2.05) is 5.51 Å². The molecule has 0 spiro atoms. The monoisotopic (exact) mass is 238 g/mol. The third kappa shape index (κ3) is 2.65. The molecule has 0 aromatic carbocycles. The van der Waals surface area contributed by atoms with Crippen molar-refractivity contribution in [2.75, 3.05) is 0 Å². The van der Waals surface area contributed by atoms with Gasteiger partial charge in [0.2, 0.25) is 0 Å². The number of aromatic nitrogens is 1. The number of hydrogen-bond donors (Lipinski definition) is 1. The standard InChI is InChI=1S/C11H14N2S2/c1-8(10-3-4-14-5-10)13-9(2)11-6-15-7-12-11/h3-9,13H,1-2H3. The highest BCUT2D eigenvalue weighted by atomic mass is 32.1. The molecular formula is C11H14N2S2. The first-order valence-electron chi connectivity index (χ1n) is 4.93. The first kappa shape index (κ1) is 10.8. The second-order valence-electron chi connectivity index (χ2n) is 3.58. The quantitative estimate of drug-likeness (QED) is 0.880. The molecule has 2 unspecified atom stereocenters. The summed E-state index contributed by atoms with van der Waals surface area (Å²) in [5.74, 6) is 0. The molecule has 2 aromatic heterocycles. The smallest absolute Gasteiger partial charge is 0.0795 e. The third-order valence-corrected chi connectivity index (χ3v) is 3.74. The summed E-state index contributed by atoms with van der Waals surface area (Å²) in [5.41, 5.74) is 4.35. The van der Waals surface area contributed by atoms with Gasteiger partial charge in [-0.3, -0.25) is 0 Å². The fourth-order valence-electron chi connectivity index (χ4n) is 1.51. The zero-order valence-corrected chi connectivity index (χ0v) is 10.4. The van der Waals surface area contributed by atoms with Crippen molar-refractivity contribution >= 4 is 22.7 Å². The van der Waals surface area contributed by atoms with Gasteiger partial charge in [-0.25, -0.2) is 4.98 Å². The maximum absolute atomic E-state index is 4.31. The normalized spacial score (nSPS) is 15.1. The maximum Gasteiger partial charge on any atom is 0.0795 e. The Morgan fingerprint density at radius 1 is 1.20 bits per heavy atom. The highest BCUT2D eigenvalue weighted by Crippen LogP contribution is 2.20. The van der Waals surface area contributed by atoms with Crippen LogP contribution in [0, 0.1) is 0 Å². The largest absolute Gasteiger partial charge is 0.302 e. The molecule has 2 atom stereocenters. The number of hydrogen-bond acceptors (Lipinski definition) is 4. The molecule has 15 heavy (non-hydrogen) atoms. The Balaban J connectivity index is 1.98. The van der Waals surface area contributed by atoms with E-state index in [4.69, 9.17) is 0 Å². The van der Waals surface area contributed by atoms with Crippen LogP contribution in [0.3, 0.4) is 0 Å². The molecule has 0 aliphatic rings. The van der Waals surface area contributed by atoms with Gasteiger partial charge in [0, 0.05) is 17.5 Å². The maximum atomic E-state index is 4.31. The van der Waals surface area contributed by atoms with Gasteiger partial charge in [-0.2, -0.15) is 11.3 Å². The van der Waals surface area contributed by atoms with Gasteiger partial charge in [0.15, 0.2) is 0 Å². The van der Waals surface area contributed by atoms with E-state index in [1.54, 1.807) is 22.7 Å². The number of nitrogens with one attached hydrogen (secondary N) is 1. The molecule has 0 saturated carbocycles. The van der Waals surface area contributed by atoms with E-state index in [1.165, 1.54) is 5.56 Å². The van der Waals surface area contributed by atoms with Crippen molar-refractivity contribution in [2.45, 2.75) is 25.9 Å². The van der Waals surface area contributed by atoms with Crippen LogP contribution >= 0.6 is 22.7 Å². The van der Waals surface area contributed by atoms with Crippen molar-refractivity contribution in [1.29, 1.82) is 0 Å². The average Bonchev–Trinajstić information content (AvgIpc) is 2.91. The lowest BCUT2D eigenvalue weighted by Crippen LogP contribution is -2.22. The predicted molar refractivity (Wildman–Crippen MR) is 66.4 cm³/mol. The lowest BCUT2D eigenvalue weighted by Gasteiger charge is -2.17. The minimum Gasteiger partial charge on any atom is -0.302 e. The van der Waals surface area contributed by atoms with Crippen molar-refractivity contribution in [3.63, 3.8) is 0 Å². The minimum absolute atomic E-state index is 0.311.